The van der Waals surface area contributed by atoms with Crippen LogP contribution in [0.1, 0.15) is 29.5 Å². The molecule has 3 aromatic rings. The molecule has 0 radical (unpaired) electrons. The minimum atomic E-state index is -1.31. The normalized spacial score (nSPS) is 12.6. The second kappa shape index (κ2) is 17.8. The fourth-order valence-electron chi connectivity index (χ4n) is 4.33. The Hall–Kier alpha value is -5.03. The van der Waals surface area contributed by atoms with Crippen molar-refractivity contribution in [3.05, 3.63) is 108 Å². The minimum absolute atomic E-state index is 0.0271. The number of Topliss-reactive ketones (excluding diaryl/α,β-unsaturated/α-hetero) is 1. The van der Waals surface area contributed by atoms with E-state index in [2.05, 4.69) is 20.7 Å². The van der Waals surface area contributed by atoms with Crippen LogP contribution in [0.15, 0.2) is 91.0 Å². The third kappa shape index (κ3) is 11.3. The zero-order chi connectivity index (χ0) is 31.7. The van der Waals surface area contributed by atoms with Gasteiger partial charge in [0.25, 0.3) is 0 Å². The second-order valence-corrected chi connectivity index (χ2v) is 9.99. The fourth-order valence-corrected chi connectivity index (χ4v) is 4.33. The van der Waals surface area contributed by atoms with Crippen molar-refractivity contribution in [3.63, 3.8) is 0 Å². The summed E-state index contributed by atoms with van der Waals surface area (Å²) >= 11 is 0. The van der Waals surface area contributed by atoms with Gasteiger partial charge in [-0.1, -0.05) is 91.0 Å². The van der Waals surface area contributed by atoms with E-state index >= 15 is 0 Å². The molecule has 0 aliphatic carbocycles. The van der Waals surface area contributed by atoms with Gasteiger partial charge in [-0.2, -0.15) is 0 Å². The predicted molar refractivity (Wildman–Crippen MR) is 161 cm³/mol. The number of ether oxygens (including phenoxy) is 2. The van der Waals surface area contributed by atoms with Crippen LogP contribution in [0.3, 0.4) is 0 Å². The highest BCUT2D eigenvalue weighted by molar-refractivity contribution is 5.93. The monoisotopic (exact) mass is 603 g/mol. The summed E-state index contributed by atoms with van der Waals surface area (Å²) in [6, 6.07) is 23.8. The summed E-state index contributed by atoms with van der Waals surface area (Å²) in [5.41, 5.74) is 2.34. The number of carbonyl (C=O) groups excluding carboxylic acids is 5. The van der Waals surface area contributed by atoms with Gasteiger partial charge in [0.05, 0.1) is 19.8 Å². The van der Waals surface area contributed by atoms with E-state index < -0.39 is 54.4 Å². The average molecular weight is 604 g/mol. The Kier molecular flexibility index (Phi) is 13.6. The zero-order valence-electron chi connectivity index (χ0n) is 24.4. The summed E-state index contributed by atoms with van der Waals surface area (Å²) < 4.78 is 9.90. The molecule has 3 rings (SSSR count). The molecule has 0 saturated carbocycles. The summed E-state index contributed by atoms with van der Waals surface area (Å²) in [6.45, 7) is -0.665. The lowest BCUT2D eigenvalue weighted by molar-refractivity contribution is -0.146. The van der Waals surface area contributed by atoms with Crippen LogP contribution >= 0.6 is 0 Å². The lowest BCUT2D eigenvalue weighted by Crippen LogP contribution is -2.53. The van der Waals surface area contributed by atoms with Gasteiger partial charge in [-0.25, -0.2) is 9.59 Å². The van der Waals surface area contributed by atoms with Crippen molar-refractivity contribution in [2.75, 3.05) is 13.7 Å². The minimum Gasteiger partial charge on any atom is -0.467 e. The number of ketones is 1. The number of amides is 3. The second-order valence-electron chi connectivity index (χ2n) is 9.99. The van der Waals surface area contributed by atoms with E-state index in [1.165, 1.54) is 0 Å². The molecule has 11 heteroatoms. The Morgan fingerprint density at radius 2 is 1.18 bits per heavy atom. The summed E-state index contributed by atoms with van der Waals surface area (Å²) in [5.74, 6) is -2.52. The number of hydrogen-bond donors (Lipinski definition) is 4. The van der Waals surface area contributed by atoms with Crippen LogP contribution in [0.4, 0.5) is 4.79 Å². The van der Waals surface area contributed by atoms with Crippen LogP contribution in [0.2, 0.25) is 0 Å². The molecule has 11 nitrogen and oxygen atoms in total. The smallest absolute Gasteiger partial charge is 0.408 e. The molecule has 44 heavy (non-hydrogen) atoms. The molecule has 3 atom stereocenters. The maximum atomic E-state index is 13.3. The molecule has 0 aromatic heterocycles. The molecule has 4 N–H and O–H groups in total. The number of rotatable bonds is 16. The standard InChI is InChI=1S/C33H37N3O8/c1-43-32(41)28(21-37)35-31(40)27(20-24-13-7-3-8-14-24)34-30(39)18-17-29(38)26(19-23-11-5-2-6-12-23)36-33(42)44-22-25-15-9-4-10-16-25/h2-16,26-28,37H,17-22H2,1H3,(H,34,39)(H,35,40)(H,36,42)/t26-,27-,28-/m0/s1. The van der Waals surface area contributed by atoms with Gasteiger partial charge in [-0.05, 0) is 23.1 Å². The maximum absolute atomic E-state index is 13.3. The summed E-state index contributed by atoms with van der Waals surface area (Å²) in [6.07, 6.45) is -0.961. The highest BCUT2D eigenvalue weighted by Gasteiger charge is 2.28. The molecule has 232 valence electrons. The van der Waals surface area contributed by atoms with Crippen LogP contribution in [0.25, 0.3) is 0 Å². The van der Waals surface area contributed by atoms with Crippen molar-refractivity contribution < 1.29 is 38.6 Å². The number of aliphatic hydroxyl groups is 1. The van der Waals surface area contributed by atoms with Crippen LogP contribution in [0, 0.1) is 0 Å². The van der Waals surface area contributed by atoms with E-state index in [1.807, 2.05) is 60.7 Å². The van der Waals surface area contributed by atoms with Crippen LogP contribution in [-0.2, 0) is 48.1 Å². The first-order valence-corrected chi connectivity index (χ1v) is 14.1. The zero-order valence-corrected chi connectivity index (χ0v) is 24.4. The Bertz CT molecular complexity index is 1370. The van der Waals surface area contributed by atoms with Gasteiger partial charge >= 0.3 is 12.1 Å². The molecule has 0 heterocycles. The molecule has 0 fully saturated rings. The van der Waals surface area contributed by atoms with E-state index in [0.717, 1.165) is 23.8 Å². The van der Waals surface area contributed by atoms with Gasteiger partial charge in [0, 0.05) is 19.3 Å². The average Bonchev–Trinajstić information content (AvgIpc) is 3.05. The molecule has 3 aromatic carbocycles. The predicted octanol–water partition coefficient (Wildman–Crippen LogP) is 2.25. The van der Waals surface area contributed by atoms with Crippen molar-refractivity contribution >= 4 is 29.7 Å². The van der Waals surface area contributed by atoms with Crippen LogP contribution in [-0.4, -0.2) is 66.6 Å². The maximum Gasteiger partial charge on any atom is 0.408 e. The number of aliphatic hydroxyl groups excluding tert-OH is 1. The number of methoxy groups -OCH3 is 1. The number of nitrogens with one attached hydrogen (secondary N) is 3. The van der Waals surface area contributed by atoms with E-state index in [0.29, 0.717) is 0 Å². The molecule has 0 aliphatic heterocycles. The van der Waals surface area contributed by atoms with Gasteiger partial charge in [0.15, 0.2) is 11.8 Å². The number of esters is 1. The molecule has 0 saturated heterocycles. The Morgan fingerprint density at radius 3 is 1.70 bits per heavy atom. The van der Waals surface area contributed by atoms with Crippen molar-refractivity contribution in [3.8, 4) is 0 Å². The summed E-state index contributed by atoms with van der Waals surface area (Å²) in [4.78, 5) is 63.7. The molecule has 3 amide bonds. The first kappa shape index (κ1) is 33.5. The first-order chi connectivity index (χ1) is 21.3. The number of hydrogen-bond acceptors (Lipinski definition) is 8. The molecule has 0 spiro atoms. The van der Waals surface area contributed by atoms with Crippen LogP contribution < -0.4 is 16.0 Å². The van der Waals surface area contributed by atoms with Crippen LogP contribution in [0.5, 0.6) is 0 Å². The molecular formula is C33H37N3O8. The summed E-state index contributed by atoms with van der Waals surface area (Å²) in [7, 11) is 1.13. The van der Waals surface area contributed by atoms with Gasteiger partial charge in [-0.3, -0.25) is 14.4 Å². The fraction of sp³-hybridized carbons (Fsp3) is 0.303. The van der Waals surface area contributed by atoms with Gasteiger partial charge < -0.3 is 30.5 Å². The highest BCUT2D eigenvalue weighted by atomic mass is 16.5. The number of benzene rings is 3. The number of carbonyl (C=O) groups is 5. The molecule has 0 unspecified atom stereocenters. The third-order valence-corrected chi connectivity index (χ3v) is 6.69. The lowest BCUT2D eigenvalue weighted by Gasteiger charge is -2.22. The lowest BCUT2D eigenvalue weighted by atomic mass is 9.99. The van der Waals surface area contributed by atoms with E-state index in [-0.39, 0.29) is 32.3 Å². The Morgan fingerprint density at radius 1 is 0.659 bits per heavy atom. The molecule has 0 bridgehead atoms. The first-order valence-electron chi connectivity index (χ1n) is 14.1. The Labute approximate surface area is 255 Å². The third-order valence-electron chi connectivity index (χ3n) is 6.69. The van der Waals surface area contributed by atoms with E-state index in [1.54, 1.807) is 30.3 Å². The van der Waals surface area contributed by atoms with Gasteiger partial charge in [0.1, 0.15) is 12.6 Å². The van der Waals surface area contributed by atoms with Crippen molar-refractivity contribution in [1.29, 1.82) is 0 Å². The van der Waals surface area contributed by atoms with Crippen molar-refractivity contribution in [2.45, 2.75) is 50.4 Å². The van der Waals surface area contributed by atoms with Gasteiger partial charge in [0.2, 0.25) is 11.8 Å². The number of alkyl carbamates (subject to hydrolysis) is 1. The van der Waals surface area contributed by atoms with E-state index in [9.17, 15) is 29.1 Å². The van der Waals surface area contributed by atoms with E-state index in [4.69, 9.17) is 4.74 Å². The SMILES string of the molecule is COC(=O)[C@H](CO)NC(=O)[C@H](Cc1ccccc1)NC(=O)CCC(=O)[C@H](Cc1ccccc1)NC(=O)OCc1ccccc1. The molecular weight excluding hydrogens is 566 g/mol. The highest BCUT2D eigenvalue weighted by Crippen LogP contribution is 2.10. The van der Waals surface area contributed by atoms with Gasteiger partial charge in [-0.15, -0.1) is 0 Å². The van der Waals surface area contributed by atoms with Crippen molar-refractivity contribution in [2.24, 2.45) is 0 Å². The quantitative estimate of drug-likeness (QED) is 0.181. The Balaban J connectivity index is 1.64. The largest absolute Gasteiger partial charge is 0.467 e. The molecule has 0 aliphatic rings. The summed E-state index contributed by atoms with van der Waals surface area (Å²) in [5, 5.41) is 17.1. The van der Waals surface area contributed by atoms with Crippen molar-refractivity contribution in [1.82, 2.24) is 16.0 Å². The topological polar surface area (TPSA) is 160 Å².